The Kier molecular flexibility index (Phi) is 17.1. The molecule has 4 atom stereocenters. The Labute approximate surface area is 607 Å². The van der Waals surface area contributed by atoms with E-state index in [0.717, 1.165) is 9.80 Å². The van der Waals surface area contributed by atoms with Crippen molar-refractivity contribution in [1.29, 1.82) is 0 Å². The van der Waals surface area contributed by atoms with Crippen molar-refractivity contribution in [3.05, 3.63) is 231 Å². The number of morpholine rings is 3. The van der Waals surface area contributed by atoms with Gasteiger partial charge in [-0.15, -0.1) is 0 Å². The van der Waals surface area contributed by atoms with Crippen molar-refractivity contribution in [2.24, 2.45) is 0 Å². The van der Waals surface area contributed by atoms with Crippen LogP contribution in [0.5, 0.6) is 17.2 Å². The first-order valence-corrected chi connectivity index (χ1v) is 33.3. The number of hydrogen-bond acceptors (Lipinski definition) is 15. The van der Waals surface area contributed by atoms with Crippen LogP contribution in [-0.4, -0.2) is 160 Å². The maximum Gasteiger partial charge on any atom is 0.255 e. The van der Waals surface area contributed by atoms with Crippen LogP contribution in [0.1, 0.15) is 136 Å². The number of carbonyl (C=O) groups is 9. The lowest BCUT2D eigenvalue weighted by atomic mass is 10.0. The average Bonchev–Trinajstić information content (AvgIpc) is 1.13. The van der Waals surface area contributed by atoms with Crippen LogP contribution in [0.4, 0.5) is 0 Å². The van der Waals surface area contributed by atoms with Crippen LogP contribution in [0.3, 0.4) is 0 Å². The molecule has 4 unspecified atom stereocenters. The van der Waals surface area contributed by atoms with Crippen molar-refractivity contribution in [2.75, 3.05) is 59.3 Å². The van der Waals surface area contributed by atoms with Gasteiger partial charge in [0, 0.05) is 89.6 Å². The molecule has 0 aromatic heterocycles. The Hall–Kier alpha value is -11.0. The van der Waals surface area contributed by atoms with Gasteiger partial charge >= 0.3 is 0 Å². The van der Waals surface area contributed by atoms with Crippen LogP contribution < -0.4 is 30.2 Å². The van der Waals surface area contributed by atoms with Gasteiger partial charge in [0.15, 0.2) is 0 Å². The number of allylic oxidation sites excluding steroid dienone is 3. The van der Waals surface area contributed by atoms with Gasteiger partial charge in [0.2, 0.25) is 35.4 Å². The zero-order chi connectivity index (χ0) is 81.5. The molecule has 0 bridgehead atoms. The highest BCUT2D eigenvalue weighted by molar-refractivity contribution is 6.04. The van der Waals surface area contributed by atoms with Crippen LogP contribution in [0.15, 0.2) is 164 Å². The lowest BCUT2D eigenvalue weighted by Gasteiger charge is -2.31. The van der Waals surface area contributed by atoms with Gasteiger partial charge in [0.05, 0.1) is 55.9 Å². The molecule has 9 aliphatic rings. The van der Waals surface area contributed by atoms with Crippen molar-refractivity contribution < 1.29 is 88.0 Å². The molecule has 24 nitrogen and oxygen atoms in total. The second-order valence-corrected chi connectivity index (χ2v) is 25.2. The van der Waals surface area contributed by atoms with Crippen molar-refractivity contribution in [3.8, 4) is 17.2 Å². The number of fused-ring (bicyclic) bond motifs is 3. The second kappa shape index (κ2) is 31.3. The minimum atomic E-state index is -2.27. The van der Waals surface area contributed by atoms with Gasteiger partial charge in [-0.3, -0.25) is 43.2 Å². The molecular weight excluding hydrogens is 1300 g/mol. The van der Waals surface area contributed by atoms with E-state index in [4.69, 9.17) is 44.9 Å². The minimum Gasteiger partial charge on any atom is -0.489 e. The summed E-state index contributed by atoms with van der Waals surface area (Å²) in [5.41, 5.74) is 5.92. The monoisotopic (exact) mass is 1400 g/mol. The van der Waals surface area contributed by atoms with Crippen LogP contribution >= 0.6 is 0 Å². The van der Waals surface area contributed by atoms with Gasteiger partial charge in [-0.25, -0.2) is 0 Å². The van der Waals surface area contributed by atoms with E-state index in [1.807, 2.05) is 0 Å². The van der Waals surface area contributed by atoms with E-state index in [0.29, 0.717) is 117 Å². The van der Waals surface area contributed by atoms with E-state index in [2.05, 4.69) is 35.7 Å². The van der Waals surface area contributed by atoms with E-state index in [9.17, 15) is 43.2 Å². The van der Waals surface area contributed by atoms with E-state index in [-0.39, 0.29) is 205 Å². The minimum absolute atomic E-state index is 0.0371. The molecule has 0 aliphatic carbocycles. The molecule has 0 radical (unpaired) electrons. The van der Waals surface area contributed by atoms with Gasteiger partial charge in [-0.1, -0.05) is 111 Å². The second-order valence-electron chi connectivity index (χ2n) is 25.2. The number of benzene rings is 6. The zero-order valence-electron chi connectivity index (χ0n) is 67.7. The molecule has 6 aromatic carbocycles. The number of rotatable bonds is 18. The lowest BCUT2D eigenvalue weighted by Crippen LogP contribution is -2.49. The third-order valence-electron chi connectivity index (χ3n) is 18.3. The summed E-state index contributed by atoms with van der Waals surface area (Å²) in [6.07, 6.45) is 3.24. The van der Waals surface area contributed by atoms with E-state index in [1.165, 1.54) is 49.9 Å². The normalized spacial score (nSPS) is 22.7. The summed E-state index contributed by atoms with van der Waals surface area (Å²) in [4.78, 5) is 121. The maximum atomic E-state index is 13.1. The van der Waals surface area contributed by atoms with E-state index >= 15 is 0 Å². The number of nitrogens with zero attached hydrogens (tertiary/aromatic N) is 6. The number of nitrogens with one attached hydrogen (secondary N) is 3. The first kappa shape index (κ1) is 55.8. The largest absolute Gasteiger partial charge is 0.489 e. The van der Waals surface area contributed by atoms with E-state index < -0.39 is 49.5 Å². The molecule has 9 aliphatic heterocycles. The highest BCUT2D eigenvalue weighted by atomic mass is 16.5. The van der Waals surface area contributed by atoms with Gasteiger partial charge < -0.3 is 73.8 Å². The average molecular weight is 1400 g/mol. The van der Waals surface area contributed by atoms with Gasteiger partial charge in [0.1, 0.15) is 75.0 Å². The Morgan fingerprint density at radius 1 is 0.412 bits per heavy atom. The summed E-state index contributed by atoms with van der Waals surface area (Å²) < 4.78 is 135. The third kappa shape index (κ3) is 15.9. The van der Waals surface area contributed by atoms with Crippen LogP contribution in [0.2, 0.25) is 0 Å². The van der Waals surface area contributed by atoms with Crippen molar-refractivity contribution in [3.63, 3.8) is 0 Å². The van der Waals surface area contributed by atoms with Gasteiger partial charge in [0.25, 0.3) is 17.7 Å². The smallest absolute Gasteiger partial charge is 0.255 e. The fourth-order valence-corrected chi connectivity index (χ4v) is 12.8. The first-order valence-electron chi connectivity index (χ1n) is 39.4. The molecule has 6 saturated heterocycles. The van der Waals surface area contributed by atoms with Gasteiger partial charge in [-0.2, -0.15) is 0 Å². The van der Waals surface area contributed by atoms with Crippen molar-refractivity contribution >= 4 is 53.2 Å². The number of hydrogen-bond donors (Lipinski definition) is 3. The summed E-state index contributed by atoms with van der Waals surface area (Å²) in [6.45, 7) is 6.21. The molecule has 0 saturated carbocycles. The summed E-state index contributed by atoms with van der Waals surface area (Å²) in [6, 6.07) is 18.9. The number of ether oxygens (including phenoxy) is 6. The SMILES string of the molecule is [2H]c1c(COc2cccc3c2CN(C2CCC(=C)NC2=O)C3=O)ccc(C([2H])([2H])N2CCOCC2=O)c1[2H].[2H]c1cc(C([2H])([2H])N2CCOCC2=O)c([2H])cc1COc1cccc2c1CN(C1CCC(=C)NC1=O)C2=O.[2H]c1cc(C([2H])N2CCOCC2=O)c([2H])c([2H])c1COc1cccc2c1CN(C1CCC(=C)NC1=O)C2=O. The first-order chi connectivity index (χ1) is 54.3. The van der Waals surface area contributed by atoms with Crippen LogP contribution in [0, 0.1) is 0 Å². The Morgan fingerprint density at radius 3 is 1.18 bits per heavy atom. The summed E-state index contributed by atoms with van der Waals surface area (Å²) >= 11 is 0. The Balaban J connectivity index is 0.000000149. The van der Waals surface area contributed by atoms with Crippen LogP contribution in [0.25, 0.3) is 0 Å². The maximum absolute atomic E-state index is 13.1. The molecule has 15 rings (SSSR count). The van der Waals surface area contributed by atoms with Crippen molar-refractivity contribution in [2.45, 2.75) is 116 Å². The molecule has 102 heavy (non-hydrogen) atoms. The quantitative estimate of drug-likeness (QED) is 0.0774. The number of amides is 9. The molecule has 6 aromatic rings. The Bertz CT molecular complexity index is 4870. The van der Waals surface area contributed by atoms with Crippen molar-refractivity contribution in [1.82, 2.24) is 45.3 Å². The summed E-state index contributed by atoms with van der Waals surface area (Å²) in [7, 11) is 0. The molecule has 6 fully saturated rings. The predicted molar refractivity (Wildman–Crippen MR) is 371 cm³/mol. The number of piperidine rings is 3. The fourth-order valence-electron chi connectivity index (χ4n) is 12.8. The highest BCUT2D eigenvalue weighted by Crippen LogP contribution is 2.38. The molecule has 9 heterocycles. The topological polar surface area (TPSA) is 265 Å². The molecule has 24 heteroatoms. The Morgan fingerprint density at radius 2 is 0.745 bits per heavy atom. The number of carbonyl (C=O) groups excluding carboxylic acids is 9. The summed E-state index contributed by atoms with van der Waals surface area (Å²) in [5, 5.41) is 8.14. The molecule has 3 N–H and O–H groups in total. The molecular formula is C78H81N9O15. The fraction of sp³-hybridized carbons (Fsp3) is 0.346. The standard InChI is InChI=1S/3C26H27N3O5/c3*1-17-5-10-22(25(31)27-17)29-14-21-20(26(29)32)3-2-4-23(21)34-15-19-8-6-18(7-9-19)13-28-11-12-33-16-24(28)30/h3*2-4,6-9,22H,1,5,10-16H2,(H,27,31)/i6D,8D,9D,13D;6D,9D,13D2;6D,8D,13D2. The lowest BCUT2D eigenvalue weighted by molar-refractivity contribution is -0.144. The predicted octanol–water partition coefficient (Wildman–Crippen LogP) is 7.12. The van der Waals surface area contributed by atoms with E-state index in [1.54, 1.807) is 54.6 Å². The molecule has 9 amide bonds. The highest BCUT2D eigenvalue weighted by Gasteiger charge is 2.43. The molecule has 528 valence electrons. The van der Waals surface area contributed by atoms with Crippen LogP contribution in [-0.2, 0) is 102 Å². The molecule has 0 spiro atoms. The zero-order valence-corrected chi connectivity index (χ0v) is 55.7. The summed E-state index contributed by atoms with van der Waals surface area (Å²) in [5.74, 6) is -1.71. The third-order valence-corrected chi connectivity index (χ3v) is 18.3. The van der Waals surface area contributed by atoms with Gasteiger partial charge in [-0.05, 0) is 108 Å².